The molecule has 1 aromatic heterocycles. The number of aromatic nitrogens is 2. The van der Waals surface area contributed by atoms with E-state index >= 15 is 0 Å². The Kier molecular flexibility index (Phi) is 4.19. The van der Waals surface area contributed by atoms with Crippen molar-refractivity contribution in [3.05, 3.63) is 46.1 Å². The summed E-state index contributed by atoms with van der Waals surface area (Å²) >= 11 is 11.8. The van der Waals surface area contributed by atoms with Crippen LogP contribution in [0.1, 0.15) is 5.56 Å². The van der Waals surface area contributed by atoms with Gasteiger partial charge in [-0.3, -0.25) is 5.43 Å². The van der Waals surface area contributed by atoms with Gasteiger partial charge in [0.1, 0.15) is 5.02 Å². The normalized spacial score (nSPS) is 10.2. The molecule has 0 fully saturated rings. The Balaban J connectivity index is 2.07. The highest BCUT2D eigenvalue weighted by atomic mass is 35.5. The first-order chi connectivity index (χ1) is 8.69. The Morgan fingerprint density at radius 3 is 2.56 bits per heavy atom. The van der Waals surface area contributed by atoms with Crippen LogP contribution in [-0.2, 0) is 6.54 Å². The van der Waals surface area contributed by atoms with Gasteiger partial charge in [-0.1, -0.05) is 35.3 Å². The summed E-state index contributed by atoms with van der Waals surface area (Å²) in [5.74, 6) is 6.06. The van der Waals surface area contributed by atoms with E-state index in [0.717, 1.165) is 5.56 Å². The predicted molar refractivity (Wildman–Crippen MR) is 73.6 cm³/mol. The third-order valence-electron chi connectivity index (χ3n) is 2.25. The fourth-order valence-electron chi connectivity index (χ4n) is 1.35. The van der Waals surface area contributed by atoms with Crippen LogP contribution in [-0.4, -0.2) is 9.97 Å². The average Bonchev–Trinajstić information content (AvgIpc) is 2.40. The lowest BCUT2D eigenvalue weighted by atomic mass is 10.2. The molecule has 0 aliphatic rings. The number of hydrogen-bond acceptors (Lipinski definition) is 5. The van der Waals surface area contributed by atoms with Crippen LogP contribution in [0.4, 0.5) is 11.8 Å². The molecule has 7 heteroatoms. The molecule has 0 aliphatic heterocycles. The second kappa shape index (κ2) is 5.86. The highest BCUT2D eigenvalue weighted by Crippen LogP contribution is 2.20. The zero-order valence-corrected chi connectivity index (χ0v) is 10.8. The van der Waals surface area contributed by atoms with Crippen LogP contribution in [0.3, 0.4) is 0 Å². The number of anilines is 2. The number of rotatable bonds is 4. The molecule has 1 heterocycles. The summed E-state index contributed by atoms with van der Waals surface area (Å²) in [6.07, 6.45) is 1.48. The SMILES string of the molecule is NNc1ncc(Cl)c(NCc2ccc(Cl)cc2)n1. The summed E-state index contributed by atoms with van der Waals surface area (Å²) in [5.41, 5.74) is 3.43. The number of hydrogen-bond donors (Lipinski definition) is 3. The van der Waals surface area contributed by atoms with Crippen molar-refractivity contribution in [2.24, 2.45) is 5.84 Å². The number of benzene rings is 1. The molecule has 4 N–H and O–H groups in total. The fourth-order valence-corrected chi connectivity index (χ4v) is 1.63. The van der Waals surface area contributed by atoms with Gasteiger partial charge in [-0.2, -0.15) is 4.98 Å². The molecule has 0 bridgehead atoms. The lowest BCUT2D eigenvalue weighted by molar-refractivity contribution is 1.07. The van der Waals surface area contributed by atoms with E-state index in [-0.39, 0.29) is 0 Å². The number of nitrogens with zero attached hydrogens (tertiary/aromatic N) is 2. The van der Waals surface area contributed by atoms with Crippen molar-refractivity contribution >= 4 is 35.0 Å². The van der Waals surface area contributed by atoms with E-state index in [1.807, 2.05) is 24.3 Å². The average molecular weight is 284 g/mol. The molecule has 0 saturated carbocycles. The fraction of sp³-hybridized carbons (Fsp3) is 0.0909. The zero-order chi connectivity index (χ0) is 13.0. The maximum Gasteiger partial charge on any atom is 0.239 e. The van der Waals surface area contributed by atoms with E-state index in [2.05, 4.69) is 20.7 Å². The molecular weight excluding hydrogens is 273 g/mol. The number of nitrogens with one attached hydrogen (secondary N) is 2. The molecule has 18 heavy (non-hydrogen) atoms. The Morgan fingerprint density at radius 2 is 1.89 bits per heavy atom. The van der Waals surface area contributed by atoms with E-state index in [9.17, 15) is 0 Å². The van der Waals surface area contributed by atoms with Gasteiger partial charge in [0.2, 0.25) is 5.95 Å². The van der Waals surface area contributed by atoms with E-state index in [1.165, 1.54) is 6.20 Å². The highest BCUT2D eigenvalue weighted by molar-refractivity contribution is 6.32. The molecule has 0 aliphatic carbocycles. The molecular formula is C11H11Cl2N5. The van der Waals surface area contributed by atoms with Crippen molar-refractivity contribution in [2.75, 3.05) is 10.7 Å². The summed E-state index contributed by atoms with van der Waals surface area (Å²) in [7, 11) is 0. The van der Waals surface area contributed by atoms with Gasteiger partial charge >= 0.3 is 0 Å². The van der Waals surface area contributed by atoms with Crippen LogP contribution in [0.5, 0.6) is 0 Å². The van der Waals surface area contributed by atoms with Crippen molar-refractivity contribution in [3.8, 4) is 0 Å². The largest absolute Gasteiger partial charge is 0.365 e. The van der Waals surface area contributed by atoms with Crippen molar-refractivity contribution in [3.63, 3.8) is 0 Å². The van der Waals surface area contributed by atoms with Gasteiger partial charge in [0, 0.05) is 11.6 Å². The molecule has 2 aromatic rings. The molecule has 0 radical (unpaired) electrons. The topological polar surface area (TPSA) is 75.9 Å². The van der Waals surface area contributed by atoms with Gasteiger partial charge in [-0.25, -0.2) is 10.8 Å². The minimum absolute atomic E-state index is 0.304. The van der Waals surface area contributed by atoms with Gasteiger partial charge in [-0.05, 0) is 17.7 Å². The summed E-state index contributed by atoms with van der Waals surface area (Å²) in [6, 6.07) is 7.50. The van der Waals surface area contributed by atoms with Gasteiger partial charge in [-0.15, -0.1) is 0 Å². The first-order valence-electron chi connectivity index (χ1n) is 5.16. The number of nitrogen functional groups attached to an aromatic ring is 1. The molecule has 5 nitrogen and oxygen atoms in total. The Labute approximate surface area is 114 Å². The summed E-state index contributed by atoms with van der Waals surface area (Å²) in [4.78, 5) is 7.99. The molecule has 0 spiro atoms. The second-order valence-corrected chi connectivity index (χ2v) is 4.36. The number of halogens is 2. The minimum Gasteiger partial charge on any atom is -0.365 e. The summed E-state index contributed by atoms with van der Waals surface area (Å²) in [6.45, 7) is 0.581. The standard InChI is InChI=1S/C11H11Cl2N5/c12-8-3-1-7(2-4-8)5-15-10-9(13)6-16-11(17-10)18-14/h1-4,6H,5,14H2,(H2,15,16,17,18). The van der Waals surface area contributed by atoms with E-state index in [1.54, 1.807) is 0 Å². The summed E-state index contributed by atoms with van der Waals surface area (Å²) < 4.78 is 0. The second-order valence-electron chi connectivity index (χ2n) is 3.51. The van der Waals surface area contributed by atoms with Gasteiger partial charge in [0.05, 0.1) is 6.20 Å². The van der Waals surface area contributed by atoms with Gasteiger partial charge < -0.3 is 5.32 Å². The molecule has 2 rings (SSSR count). The molecule has 94 valence electrons. The molecule has 0 unspecified atom stereocenters. The van der Waals surface area contributed by atoms with Crippen molar-refractivity contribution in [1.29, 1.82) is 0 Å². The zero-order valence-electron chi connectivity index (χ0n) is 9.32. The van der Waals surface area contributed by atoms with Gasteiger partial charge in [0.25, 0.3) is 0 Å². The lowest BCUT2D eigenvalue weighted by Crippen LogP contribution is -2.12. The summed E-state index contributed by atoms with van der Waals surface area (Å²) in [5, 5.41) is 4.24. The van der Waals surface area contributed by atoms with Crippen molar-refractivity contribution in [1.82, 2.24) is 9.97 Å². The maximum atomic E-state index is 5.97. The third-order valence-corrected chi connectivity index (χ3v) is 2.77. The maximum absolute atomic E-state index is 5.97. The number of hydrazine groups is 1. The van der Waals surface area contributed by atoms with Crippen LogP contribution in [0.2, 0.25) is 10.0 Å². The number of nitrogens with two attached hydrogens (primary N) is 1. The highest BCUT2D eigenvalue weighted by Gasteiger charge is 2.04. The molecule has 0 atom stereocenters. The van der Waals surface area contributed by atoms with Crippen molar-refractivity contribution < 1.29 is 0 Å². The smallest absolute Gasteiger partial charge is 0.239 e. The quantitative estimate of drug-likeness (QED) is 0.594. The Bertz CT molecular complexity index is 529. The van der Waals surface area contributed by atoms with Crippen LogP contribution in [0.25, 0.3) is 0 Å². The van der Waals surface area contributed by atoms with Crippen LogP contribution >= 0.6 is 23.2 Å². The third kappa shape index (κ3) is 3.22. The first-order valence-corrected chi connectivity index (χ1v) is 5.92. The predicted octanol–water partition coefficient (Wildman–Crippen LogP) is 2.68. The van der Waals surface area contributed by atoms with E-state index < -0.39 is 0 Å². The van der Waals surface area contributed by atoms with E-state index in [0.29, 0.717) is 28.4 Å². The van der Waals surface area contributed by atoms with Crippen molar-refractivity contribution in [2.45, 2.75) is 6.54 Å². The van der Waals surface area contributed by atoms with Crippen LogP contribution < -0.4 is 16.6 Å². The Morgan fingerprint density at radius 1 is 1.17 bits per heavy atom. The van der Waals surface area contributed by atoms with Gasteiger partial charge in [0.15, 0.2) is 5.82 Å². The van der Waals surface area contributed by atoms with Crippen LogP contribution in [0.15, 0.2) is 30.5 Å². The monoisotopic (exact) mass is 283 g/mol. The molecule has 1 aromatic carbocycles. The minimum atomic E-state index is 0.304. The first kappa shape index (κ1) is 12.9. The molecule has 0 amide bonds. The molecule has 0 saturated heterocycles. The van der Waals surface area contributed by atoms with E-state index in [4.69, 9.17) is 29.0 Å². The lowest BCUT2D eigenvalue weighted by Gasteiger charge is -2.08. The van der Waals surface area contributed by atoms with Crippen LogP contribution in [0, 0.1) is 0 Å². The Hall–Kier alpha value is -1.56.